The van der Waals surface area contributed by atoms with Crippen LogP contribution in [-0.2, 0) is 0 Å². The Labute approximate surface area is 98.3 Å². The first kappa shape index (κ1) is 11.1. The third-order valence-electron chi connectivity index (χ3n) is 2.17. The number of benzene rings is 1. The van der Waals surface area contributed by atoms with Crippen LogP contribution < -0.4 is 9.47 Å². The number of aromatic amines is 1. The van der Waals surface area contributed by atoms with E-state index in [-0.39, 0.29) is 0 Å². The maximum Gasteiger partial charge on any atom is 0.245 e. The Bertz CT molecular complexity index is 508. The van der Waals surface area contributed by atoms with Crippen LogP contribution in [0.4, 0.5) is 5.95 Å². The number of aromatic nitrogens is 3. The standard InChI is InChI=1S/C11H12N4O2/c1-16-9-4-3-8(10(5-9)17-2)6-12-11-13-7-14-15-11/h3-7H,1-2H3,(H,13,14,15). The van der Waals surface area contributed by atoms with Crippen LogP contribution in [0.3, 0.4) is 0 Å². The molecule has 0 atom stereocenters. The van der Waals surface area contributed by atoms with Gasteiger partial charge >= 0.3 is 0 Å². The summed E-state index contributed by atoms with van der Waals surface area (Å²) in [6.45, 7) is 0. The summed E-state index contributed by atoms with van der Waals surface area (Å²) in [6.07, 6.45) is 3.05. The Morgan fingerprint density at radius 2 is 2.18 bits per heavy atom. The molecule has 1 N–H and O–H groups in total. The van der Waals surface area contributed by atoms with Crippen molar-refractivity contribution in [2.45, 2.75) is 0 Å². The van der Waals surface area contributed by atoms with E-state index in [0.717, 1.165) is 11.3 Å². The molecule has 0 bridgehead atoms. The molecule has 2 rings (SSSR count). The molecule has 1 heterocycles. The number of nitrogens with zero attached hydrogens (tertiary/aromatic N) is 3. The quantitative estimate of drug-likeness (QED) is 0.812. The molecular weight excluding hydrogens is 220 g/mol. The van der Waals surface area contributed by atoms with Crippen molar-refractivity contribution in [3.8, 4) is 11.5 Å². The summed E-state index contributed by atoms with van der Waals surface area (Å²) in [5.74, 6) is 1.87. The van der Waals surface area contributed by atoms with Gasteiger partial charge in [-0.25, -0.2) is 10.1 Å². The van der Waals surface area contributed by atoms with Crippen LogP contribution in [0.1, 0.15) is 5.56 Å². The van der Waals surface area contributed by atoms with Crippen LogP contribution in [0.15, 0.2) is 29.5 Å². The number of hydrogen-bond acceptors (Lipinski definition) is 5. The first-order valence-corrected chi connectivity index (χ1v) is 4.95. The molecule has 0 radical (unpaired) electrons. The van der Waals surface area contributed by atoms with Crippen molar-refractivity contribution in [2.75, 3.05) is 14.2 Å². The van der Waals surface area contributed by atoms with Crippen molar-refractivity contribution in [3.05, 3.63) is 30.1 Å². The number of hydrogen-bond donors (Lipinski definition) is 1. The van der Waals surface area contributed by atoms with Gasteiger partial charge in [0.1, 0.15) is 17.8 Å². The lowest BCUT2D eigenvalue weighted by Crippen LogP contribution is -1.92. The highest BCUT2D eigenvalue weighted by Crippen LogP contribution is 2.23. The molecule has 0 unspecified atom stereocenters. The van der Waals surface area contributed by atoms with E-state index < -0.39 is 0 Å². The molecule has 0 aliphatic carbocycles. The smallest absolute Gasteiger partial charge is 0.245 e. The average molecular weight is 232 g/mol. The molecule has 6 nitrogen and oxygen atoms in total. The Kier molecular flexibility index (Phi) is 3.34. The van der Waals surface area contributed by atoms with Gasteiger partial charge in [-0.05, 0) is 12.1 Å². The molecule has 0 saturated carbocycles. The molecule has 6 heteroatoms. The van der Waals surface area contributed by atoms with E-state index >= 15 is 0 Å². The van der Waals surface area contributed by atoms with Gasteiger partial charge in [0.2, 0.25) is 5.95 Å². The van der Waals surface area contributed by atoms with E-state index in [1.165, 1.54) is 6.33 Å². The number of H-pyrrole nitrogens is 1. The topological polar surface area (TPSA) is 72.4 Å². The fourth-order valence-corrected chi connectivity index (χ4v) is 1.32. The van der Waals surface area contributed by atoms with E-state index in [9.17, 15) is 0 Å². The van der Waals surface area contributed by atoms with Gasteiger partial charge < -0.3 is 9.47 Å². The molecule has 0 aliphatic rings. The van der Waals surface area contributed by atoms with Gasteiger partial charge in [0.25, 0.3) is 0 Å². The first-order valence-electron chi connectivity index (χ1n) is 4.95. The number of nitrogens with one attached hydrogen (secondary N) is 1. The maximum absolute atomic E-state index is 5.24. The van der Waals surface area contributed by atoms with E-state index in [2.05, 4.69) is 20.2 Å². The van der Waals surface area contributed by atoms with Gasteiger partial charge in [-0.3, -0.25) is 0 Å². The van der Waals surface area contributed by atoms with E-state index in [0.29, 0.717) is 11.7 Å². The maximum atomic E-state index is 5.24. The summed E-state index contributed by atoms with van der Waals surface area (Å²) in [6, 6.07) is 5.49. The molecule has 0 fully saturated rings. The molecule has 1 aromatic heterocycles. The van der Waals surface area contributed by atoms with Gasteiger partial charge in [0, 0.05) is 17.8 Å². The van der Waals surface area contributed by atoms with Gasteiger partial charge in [0.15, 0.2) is 0 Å². The Balaban J connectivity index is 2.26. The number of ether oxygens (including phenoxy) is 2. The van der Waals surface area contributed by atoms with Crippen molar-refractivity contribution in [3.63, 3.8) is 0 Å². The summed E-state index contributed by atoms with van der Waals surface area (Å²) in [4.78, 5) is 8.02. The van der Waals surface area contributed by atoms with Crippen LogP contribution in [-0.4, -0.2) is 35.6 Å². The molecule has 0 aliphatic heterocycles. The fraction of sp³-hybridized carbons (Fsp3) is 0.182. The van der Waals surface area contributed by atoms with Crippen molar-refractivity contribution < 1.29 is 9.47 Å². The molecule has 0 spiro atoms. The predicted octanol–water partition coefficient (Wildman–Crippen LogP) is 1.57. The normalized spacial score (nSPS) is 10.7. The Morgan fingerprint density at radius 3 is 2.82 bits per heavy atom. The van der Waals surface area contributed by atoms with Gasteiger partial charge in [-0.15, -0.1) is 0 Å². The predicted molar refractivity (Wildman–Crippen MR) is 63.2 cm³/mol. The lowest BCUT2D eigenvalue weighted by molar-refractivity contribution is 0.394. The second kappa shape index (κ2) is 5.11. The molecule has 0 amide bonds. The zero-order valence-corrected chi connectivity index (χ0v) is 9.54. The zero-order valence-electron chi connectivity index (χ0n) is 9.54. The number of methoxy groups -OCH3 is 2. The SMILES string of the molecule is COc1ccc(C=Nc2ncn[nH]2)c(OC)c1. The van der Waals surface area contributed by atoms with Crippen LogP contribution in [0.2, 0.25) is 0 Å². The second-order valence-electron chi connectivity index (χ2n) is 3.18. The van der Waals surface area contributed by atoms with Gasteiger partial charge in [-0.1, -0.05) is 0 Å². The van der Waals surface area contributed by atoms with E-state index in [4.69, 9.17) is 9.47 Å². The third-order valence-corrected chi connectivity index (χ3v) is 2.17. The molecule has 88 valence electrons. The van der Waals surface area contributed by atoms with Crippen molar-refractivity contribution in [2.24, 2.45) is 4.99 Å². The second-order valence-corrected chi connectivity index (χ2v) is 3.18. The largest absolute Gasteiger partial charge is 0.497 e. The Hall–Kier alpha value is -2.37. The van der Waals surface area contributed by atoms with Crippen LogP contribution in [0.5, 0.6) is 11.5 Å². The van der Waals surface area contributed by atoms with Crippen LogP contribution in [0, 0.1) is 0 Å². The molecule has 2 aromatic rings. The highest BCUT2D eigenvalue weighted by molar-refractivity contribution is 5.85. The minimum absolute atomic E-state index is 0.447. The van der Waals surface area contributed by atoms with Crippen molar-refractivity contribution in [1.82, 2.24) is 15.2 Å². The van der Waals surface area contributed by atoms with Gasteiger partial charge in [0.05, 0.1) is 14.2 Å². The highest BCUT2D eigenvalue weighted by Gasteiger charge is 2.02. The van der Waals surface area contributed by atoms with Crippen LogP contribution >= 0.6 is 0 Å². The zero-order chi connectivity index (χ0) is 12.1. The molecule has 0 saturated heterocycles. The molecule has 17 heavy (non-hydrogen) atoms. The van der Waals surface area contributed by atoms with E-state index in [1.807, 2.05) is 12.1 Å². The minimum Gasteiger partial charge on any atom is -0.497 e. The van der Waals surface area contributed by atoms with E-state index in [1.54, 1.807) is 26.5 Å². The van der Waals surface area contributed by atoms with Crippen LogP contribution in [0.25, 0.3) is 0 Å². The average Bonchev–Trinajstić information content (AvgIpc) is 2.89. The van der Waals surface area contributed by atoms with Crippen molar-refractivity contribution in [1.29, 1.82) is 0 Å². The van der Waals surface area contributed by atoms with Gasteiger partial charge in [-0.2, -0.15) is 10.1 Å². The Morgan fingerprint density at radius 1 is 1.29 bits per heavy atom. The minimum atomic E-state index is 0.447. The number of rotatable bonds is 4. The lowest BCUT2D eigenvalue weighted by Gasteiger charge is -2.06. The highest BCUT2D eigenvalue weighted by atomic mass is 16.5. The summed E-state index contributed by atoms with van der Waals surface area (Å²) in [5, 5.41) is 6.35. The molecular formula is C11H12N4O2. The summed E-state index contributed by atoms with van der Waals surface area (Å²) < 4.78 is 10.3. The summed E-state index contributed by atoms with van der Waals surface area (Å²) in [5.41, 5.74) is 0.838. The third kappa shape index (κ3) is 2.60. The number of aliphatic imine (C=N–C) groups is 1. The van der Waals surface area contributed by atoms with Crippen molar-refractivity contribution >= 4 is 12.2 Å². The summed E-state index contributed by atoms with van der Waals surface area (Å²) >= 11 is 0. The monoisotopic (exact) mass is 232 g/mol. The fourth-order valence-electron chi connectivity index (χ4n) is 1.32. The first-order chi connectivity index (χ1) is 8.33. The molecule has 1 aromatic carbocycles. The summed E-state index contributed by atoms with van der Waals surface area (Å²) in [7, 11) is 3.21. The lowest BCUT2D eigenvalue weighted by atomic mass is 10.2.